The zero-order valence-electron chi connectivity index (χ0n) is 17.8. The fourth-order valence-corrected chi connectivity index (χ4v) is 5.53. The highest BCUT2D eigenvalue weighted by Gasteiger charge is 2.21. The average Bonchev–Trinajstić information content (AvgIpc) is 3.20. The number of nitrogens with one attached hydrogen (secondary N) is 1. The fraction of sp³-hybridized carbons (Fsp3) is 0.208. The van der Waals surface area contributed by atoms with Gasteiger partial charge in [-0.15, -0.1) is 11.3 Å². The Balaban J connectivity index is 1.65. The van der Waals surface area contributed by atoms with Crippen molar-refractivity contribution in [3.05, 3.63) is 64.3 Å². The van der Waals surface area contributed by atoms with E-state index in [2.05, 4.69) is 51.9 Å². The Morgan fingerprint density at radius 2 is 1.97 bits per heavy atom. The Bertz CT molecular complexity index is 1290. The molecule has 0 aliphatic rings. The van der Waals surface area contributed by atoms with Gasteiger partial charge < -0.3 is 10.4 Å². The first-order chi connectivity index (χ1) is 15.4. The summed E-state index contributed by atoms with van der Waals surface area (Å²) >= 11 is 8.94. The smallest absolute Gasteiger partial charge is 0.237 e. The first-order valence-corrected chi connectivity index (χ1v) is 12.3. The Kier molecular flexibility index (Phi) is 6.69. The number of hydrogen-bond acceptors (Lipinski definition) is 6. The summed E-state index contributed by atoms with van der Waals surface area (Å²) in [7, 11) is 0. The van der Waals surface area contributed by atoms with Crippen molar-refractivity contribution >= 4 is 56.5 Å². The fourth-order valence-electron chi connectivity index (χ4n) is 3.29. The molecule has 2 aromatic heterocycles. The van der Waals surface area contributed by atoms with Crippen LogP contribution in [0, 0.1) is 6.92 Å². The minimum atomic E-state index is -0.457. The van der Waals surface area contributed by atoms with Crippen molar-refractivity contribution in [3.63, 3.8) is 0 Å². The predicted molar refractivity (Wildman–Crippen MR) is 134 cm³/mol. The van der Waals surface area contributed by atoms with Crippen LogP contribution >= 0.6 is 34.7 Å². The number of rotatable bonds is 6. The molecule has 1 unspecified atom stereocenters. The number of thioether (sulfide) groups is 1. The van der Waals surface area contributed by atoms with E-state index in [4.69, 9.17) is 11.6 Å². The number of amides is 1. The number of phenolic OH excluding ortho intramolecular Hbond substituents is 1. The molecule has 32 heavy (non-hydrogen) atoms. The molecule has 0 fully saturated rings. The number of fused-ring (bicyclic) bond motifs is 1. The van der Waals surface area contributed by atoms with E-state index in [1.165, 1.54) is 29.5 Å². The molecule has 4 aromatic rings. The number of aryl methyl sites for hydroxylation is 2. The van der Waals surface area contributed by atoms with Gasteiger partial charge in [0.05, 0.1) is 16.3 Å². The maximum Gasteiger partial charge on any atom is 0.237 e. The minimum Gasteiger partial charge on any atom is -0.506 e. The van der Waals surface area contributed by atoms with Gasteiger partial charge in [0.25, 0.3) is 0 Å². The molecule has 1 amide bonds. The van der Waals surface area contributed by atoms with Crippen LogP contribution in [-0.4, -0.2) is 26.2 Å². The topological polar surface area (TPSA) is 75.1 Å². The van der Waals surface area contributed by atoms with Crippen molar-refractivity contribution in [1.82, 2.24) is 9.97 Å². The van der Waals surface area contributed by atoms with Gasteiger partial charge in [-0.1, -0.05) is 54.6 Å². The van der Waals surface area contributed by atoms with Crippen molar-refractivity contribution in [2.75, 3.05) is 5.32 Å². The number of benzene rings is 2. The third-order valence-electron chi connectivity index (χ3n) is 5.06. The van der Waals surface area contributed by atoms with Crippen molar-refractivity contribution in [2.45, 2.75) is 37.5 Å². The second-order valence-corrected chi connectivity index (χ2v) is 9.99. The van der Waals surface area contributed by atoms with Crippen LogP contribution in [0.4, 0.5) is 5.69 Å². The molecule has 2 heterocycles. The van der Waals surface area contributed by atoms with E-state index < -0.39 is 5.25 Å². The van der Waals surface area contributed by atoms with Crippen LogP contribution in [0.25, 0.3) is 21.3 Å². The third kappa shape index (κ3) is 4.75. The predicted octanol–water partition coefficient (Wildman–Crippen LogP) is 6.71. The second-order valence-electron chi connectivity index (χ2n) is 7.37. The van der Waals surface area contributed by atoms with Crippen molar-refractivity contribution < 1.29 is 9.90 Å². The van der Waals surface area contributed by atoms with E-state index >= 15 is 0 Å². The number of hydrogen-bond donors (Lipinski definition) is 2. The van der Waals surface area contributed by atoms with Crippen LogP contribution in [0.5, 0.6) is 5.75 Å². The molecule has 0 spiro atoms. The summed E-state index contributed by atoms with van der Waals surface area (Å²) in [5, 5.41) is 16.6. The molecule has 0 saturated heterocycles. The zero-order chi connectivity index (χ0) is 22.8. The molecular weight excluding hydrogens is 462 g/mol. The number of halogens is 1. The van der Waals surface area contributed by atoms with Gasteiger partial charge in [-0.25, -0.2) is 9.97 Å². The second kappa shape index (κ2) is 9.48. The van der Waals surface area contributed by atoms with Gasteiger partial charge in [0, 0.05) is 16.0 Å². The maximum absolute atomic E-state index is 12.8. The third-order valence-corrected chi connectivity index (χ3v) is 7.25. The molecule has 0 saturated carbocycles. The largest absolute Gasteiger partial charge is 0.506 e. The monoisotopic (exact) mass is 483 g/mol. The molecule has 0 bridgehead atoms. The van der Waals surface area contributed by atoms with Gasteiger partial charge in [-0.05, 0) is 49.6 Å². The molecular formula is C24H22ClN3O2S2. The van der Waals surface area contributed by atoms with Crippen LogP contribution in [0.2, 0.25) is 5.02 Å². The van der Waals surface area contributed by atoms with Crippen molar-refractivity contribution in [3.8, 4) is 16.9 Å². The minimum absolute atomic E-state index is 0.0316. The van der Waals surface area contributed by atoms with E-state index in [-0.39, 0.29) is 17.3 Å². The summed E-state index contributed by atoms with van der Waals surface area (Å²) in [6.07, 6.45) is 0.989. The van der Waals surface area contributed by atoms with E-state index in [1.807, 2.05) is 13.8 Å². The summed E-state index contributed by atoms with van der Waals surface area (Å²) in [5.74, 6) is 0.381. The number of aromatic nitrogens is 2. The summed E-state index contributed by atoms with van der Waals surface area (Å²) in [5.41, 5.74) is 3.73. The molecule has 5 nitrogen and oxygen atoms in total. The standard InChI is InChI=1S/C24H22ClN3O2S2/c1-4-15-5-7-16(8-6-15)18-12-31-23-21(18)24(27-14(3)26-23)32-13(2)22(30)28-19-11-17(25)9-10-20(19)29/h5-13,29H,4H2,1-3H3,(H,28,30). The van der Waals surface area contributed by atoms with Gasteiger partial charge in [0.1, 0.15) is 21.4 Å². The van der Waals surface area contributed by atoms with Gasteiger partial charge in [0.2, 0.25) is 5.91 Å². The van der Waals surface area contributed by atoms with Crippen LogP contribution in [0.15, 0.2) is 52.9 Å². The SMILES string of the molecule is CCc1ccc(-c2csc3nc(C)nc(SC(C)C(=O)Nc4cc(Cl)ccc4O)c23)cc1. The molecule has 0 aliphatic heterocycles. The quantitative estimate of drug-likeness (QED) is 0.181. The number of aromatic hydroxyl groups is 1. The number of carbonyl (C=O) groups excluding carboxylic acids is 1. The lowest BCUT2D eigenvalue weighted by Gasteiger charge is -2.14. The molecule has 8 heteroatoms. The molecule has 2 aromatic carbocycles. The van der Waals surface area contributed by atoms with Gasteiger partial charge in [0.15, 0.2) is 0 Å². The van der Waals surface area contributed by atoms with Crippen molar-refractivity contribution in [1.29, 1.82) is 0 Å². The van der Waals surface area contributed by atoms with E-state index in [9.17, 15) is 9.90 Å². The number of phenols is 1. The lowest BCUT2D eigenvalue weighted by atomic mass is 10.0. The summed E-state index contributed by atoms with van der Waals surface area (Å²) in [4.78, 5) is 23.0. The lowest BCUT2D eigenvalue weighted by molar-refractivity contribution is -0.115. The molecule has 2 N–H and O–H groups in total. The summed E-state index contributed by atoms with van der Waals surface area (Å²) in [6, 6.07) is 13.0. The number of thiophene rings is 1. The van der Waals surface area contributed by atoms with Crippen LogP contribution in [0.3, 0.4) is 0 Å². The Morgan fingerprint density at radius 1 is 1.22 bits per heavy atom. The normalized spacial score (nSPS) is 12.1. The highest BCUT2D eigenvalue weighted by molar-refractivity contribution is 8.00. The highest BCUT2D eigenvalue weighted by Crippen LogP contribution is 2.40. The Labute approximate surface area is 199 Å². The molecule has 0 aliphatic carbocycles. The van der Waals surface area contributed by atoms with E-state index in [0.717, 1.165) is 32.8 Å². The van der Waals surface area contributed by atoms with Crippen LogP contribution in [0.1, 0.15) is 25.2 Å². The van der Waals surface area contributed by atoms with Gasteiger partial charge >= 0.3 is 0 Å². The van der Waals surface area contributed by atoms with Crippen molar-refractivity contribution in [2.24, 2.45) is 0 Å². The van der Waals surface area contributed by atoms with Gasteiger partial charge in [-0.2, -0.15) is 0 Å². The van der Waals surface area contributed by atoms with Crippen LogP contribution < -0.4 is 5.32 Å². The number of nitrogens with zero attached hydrogens (tertiary/aromatic N) is 2. The maximum atomic E-state index is 12.8. The summed E-state index contributed by atoms with van der Waals surface area (Å²) in [6.45, 7) is 5.80. The Hall–Kier alpha value is -2.61. The van der Waals surface area contributed by atoms with E-state index in [1.54, 1.807) is 17.4 Å². The lowest BCUT2D eigenvalue weighted by Crippen LogP contribution is -2.22. The molecule has 4 rings (SSSR count). The van der Waals surface area contributed by atoms with Crippen LogP contribution in [-0.2, 0) is 11.2 Å². The van der Waals surface area contributed by atoms with Gasteiger partial charge in [-0.3, -0.25) is 4.79 Å². The first kappa shape index (κ1) is 22.6. The first-order valence-electron chi connectivity index (χ1n) is 10.2. The average molecular weight is 484 g/mol. The highest BCUT2D eigenvalue weighted by atomic mass is 35.5. The number of carbonyl (C=O) groups is 1. The molecule has 0 radical (unpaired) electrons. The Morgan fingerprint density at radius 3 is 2.69 bits per heavy atom. The summed E-state index contributed by atoms with van der Waals surface area (Å²) < 4.78 is 0. The molecule has 164 valence electrons. The zero-order valence-corrected chi connectivity index (χ0v) is 20.2. The van der Waals surface area contributed by atoms with E-state index in [0.29, 0.717) is 10.8 Å². The number of anilines is 1. The molecule has 1 atom stereocenters.